The predicted molar refractivity (Wildman–Crippen MR) is 76.5 cm³/mol. The Hall–Kier alpha value is -1.00. The van der Waals surface area contributed by atoms with Crippen LogP contribution in [-0.4, -0.2) is 36.3 Å². The quantitative estimate of drug-likeness (QED) is 0.818. The summed E-state index contributed by atoms with van der Waals surface area (Å²) in [5.41, 5.74) is 3.53. The smallest absolute Gasteiger partial charge is 0.131 e. The summed E-state index contributed by atoms with van der Waals surface area (Å²) in [5.74, 6) is 1.36. The Morgan fingerprint density at radius 1 is 1.26 bits per heavy atom. The molecule has 4 nitrogen and oxygen atoms in total. The minimum atomic E-state index is 0.470. The zero-order valence-corrected chi connectivity index (χ0v) is 12.5. The van der Waals surface area contributed by atoms with Gasteiger partial charge in [-0.2, -0.15) is 0 Å². The van der Waals surface area contributed by atoms with Crippen LogP contribution >= 0.6 is 0 Å². The number of rotatable bonds is 7. The molecule has 4 heteroatoms. The van der Waals surface area contributed by atoms with E-state index in [-0.39, 0.29) is 0 Å². The summed E-state index contributed by atoms with van der Waals surface area (Å²) >= 11 is 0. The Balaban J connectivity index is 2.05. The van der Waals surface area contributed by atoms with Gasteiger partial charge in [-0.05, 0) is 38.2 Å². The van der Waals surface area contributed by atoms with E-state index < -0.39 is 0 Å². The molecule has 2 rings (SSSR count). The summed E-state index contributed by atoms with van der Waals surface area (Å²) in [5, 5.41) is 3.58. The number of methoxy groups -OCH3 is 1. The van der Waals surface area contributed by atoms with Crippen LogP contribution in [0.4, 0.5) is 0 Å². The molecule has 1 saturated carbocycles. The molecule has 0 spiro atoms. The summed E-state index contributed by atoms with van der Waals surface area (Å²) in [6, 6.07) is 0.755. The van der Waals surface area contributed by atoms with E-state index in [9.17, 15) is 0 Å². The number of ether oxygens (including phenoxy) is 1. The number of aryl methyl sites for hydroxylation is 2. The van der Waals surface area contributed by atoms with Crippen molar-refractivity contribution >= 4 is 0 Å². The average Bonchev–Trinajstić information content (AvgIpc) is 3.17. The van der Waals surface area contributed by atoms with Crippen molar-refractivity contribution in [3.05, 3.63) is 22.8 Å². The number of hydrogen-bond acceptors (Lipinski definition) is 4. The molecule has 0 saturated heterocycles. The molecule has 0 bridgehead atoms. The van der Waals surface area contributed by atoms with Gasteiger partial charge in [0.15, 0.2) is 0 Å². The topological polar surface area (TPSA) is 47.0 Å². The van der Waals surface area contributed by atoms with Crippen LogP contribution < -0.4 is 5.32 Å². The van der Waals surface area contributed by atoms with Crippen LogP contribution in [0.5, 0.6) is 0 Å². The molecule has 1 aliphatic rings. The van der Waals surface area contributed by atoms with Gasteiger partial charge in [0.25, 0.3) is 0 Å². The fourth-order valence-electron chi connectivity index (χ4n) is 2.55. The van der Waals surface area contributed by atoms with Crippen molar-refractivity contribution in [3.63, 3.8) is 0 Å². The summed E-state index contributed by atoms with van der Waals surface area (Å²) in [6.07, 6.45) is 3.45. The summed E-state index contributed by atoms with van der Waals surface area (Å²) < 4.78 is 5.09. The standard InChI is InChI=1S/C15H25N3O/c1-10(9-16-13-5-6-13)15-11(2)17-14(7-8-19-4)18-12(15)3/h10,13,16H,5-9H2,1-4H3. The molecular formula is C15H25N3O. The molecule has 106 valence electrons. The maximum atomic E-state index is 5.09. The van der Waals surface area contributed by atoms with Crippen LogP contribution in [0, 0.1) is 13.8 Å². The van der Waals surface area contributed by atoms with Gasteiger partial charge in [0.05, 0.1) is 6.61 Å². The van der Waals surface area contributed by atoms with E-state index in [1.165, 1.54) is 18.4 Å². The van der Waals surface area contributed by atoms with Crippen LogP contribution in [-0.2, 0) is 11.2 Å². The van der Waals surface area contributed by atoms with Crippen LogP contribution in [0.1, 0.15) is 48.5 Å². The molecule has 1 N–H and O–H groups in total. The van der Waals surface area contributed by atoms with E-state index in [4.69, 9.17) is 4.74 Å². The van der Waals surface area contributed by atoms with Crippen molar-refractivity contribution in [3.8, 4) is 0 Å². The Morgan fingerprint density at radius 3 is 2.42 bits per heavy atom. The third-order valence-corrected chi connectivity index (χ3v) is 3.69. The fourth-order valence-corrected chi connectivity index (χ4v) is 2.55. The Morgan fingerprint density at radius 2 is 1.89 bits per heavy atom. The maximum Gasteiger partial charge on any atom is 0.131 e. The zero-order valence-electron chi connectivity index (χ0n) is 12.5. The van der Waals surface area contributed by atoms with Crippen molar-refractivity contribution in [2.24, 2.45) is 0 Å². The molecule has 19 heavy (non-hydrogen) atoms. The zero-order chi connectivity index (χ0) is 13.8. The van der Waals surface area contributed by atoms with Crippen LogP contribution in [0.2, 0.25) is 0 Å². The molecule has 1 aromatic rings. The van der Waals surface area contributed by atoms with Gasteiger partial charge in [-0.1, -0.05) is 6.92 Å². The minimum absolute atomic E-state index is 0.470. The third-order valence-electron chi connectivity index (χ3n) is 3.69. The predicted octanol–water partition coefficient (Wildman–Crippen LogP) is 2.14. The normalized spacial score (nSPS) is 16.6. The van der Waals surface area contributed by atoms with E-state index in [1.54, 1.807) is 7.11 Å². The van der Waals surface area contributed by atoms with Crippen molar-refractivity contribution in [1.29, 1.82) is 0 Å². The van der Waals surface area contributed by atoms with E-state index in [1.807, 2.05) is 0 Å². The minimum Gasteiger partial charge on any atom is -0.384 e. The number of aromatic nitrogens is 2. The van der Waals surface area contributed by atoms with Crippen LogP contribution in [0.15, 0.2) is 0 Å². The second kappa shape index (κ2) is 6.44. The molecular weight excluding hydrogens is 238 g/mol. The van der Waals surface area contributed by atoms with Gasteiger partial charge in [-0.3, -0.25) is 0 Å². The van der Waals surface area contributed by atoms with Gasteiger partial charge in [-0.15, -0.1) is 0 Å². The lowest BCUT2D eigenvalue weighted by atomic mass is 9.98. The third kappa shape index (κ3) is 3.98. The van der Waals surface area contributed by atoms with Gasteiger partial charge in [0.1, 0.15) is 5.82 Å². The first-order chi connectivity index (χ1) is 9.11. The summed E-state index contributed by atoms with van der Waals surface area (Å²) in [6.45, 7) is 8.13. The largest absolute Gasteiger partial charge is 0.384 e. The van der Waals surface area contributed by atoms with Crippen LogP contribution in [0.25, 0.3) is 0 Å². The second-order valence-corrected chi connectivity index (χ2v) is 5.55. The number of nitrogens with zero attached hydrogens (tertiary/aromatic N) is 2. The second-order valence-electron chi connectivity index (χ2n) is 5.55. The molecule has 0 aromatic carbocycles. The van der Waals surface area contributed by atoms with Crippen molar-refractivity contribution in [2.75, 3.05) is 20.3 Å². The first-order valence-electron chi connectivity index (χ1n) is 7.18. The lowest BCUT2D eigenvalue weighted by Gasteiger charge is -2.18. The van der Waals surface area contributed by atoms with E-state index >= 15 is 0 Å². The molecule has 1 aliphatic carbocycles. The Bertz CT molecular complexity index is 406. The lowest BCUT2D eigenvalue weighted by Crippen LogP contribution is -2.23. The van der Waals surface area contributed by atoms with Crippen molar-refractivity contribution in [2.45, 2.75) is 52.0 Å². The highest BCUT2D eigenvalue weighted by Crippen LogP contribution is 2.24. The first-order valence-corrected chi connectivity index (χ1v) is 7.18. The highest BCUT2D eigenvalue weighted by Gasteiger charge is 2.22. The molecule has 0 radical (unpaired) electrons. The Kier molecular flexibility index (Phi) is 4.88. The van der Waals surface area contributed by atoms with Crippen LogP contribution in [0.3, 0.4) is 0 Å². The SMILES string of the molecule is COCCc1nc(C)c(C(C)CNC2CC2)c(C)n1. The monoisotopic (exact) mass is 263 g/mol. The lowest BCUT2D eigenvalue weighted by molar-refractivity contribution is 0.200. The number of nitrogens with one attached hydrogen (secondary N) is 1. The van der Waals surface area contributed by atoms with Gasteiger partial charge in [0, 0.05) is 37.5 Å². The molecule has 1 atom stereocenters. The molecule has 0 aliphatic heterocycles. The van der Waals surface area contributed by atoms with Gasteiger partial charge >= 0.3 is 0 Å². The maximum absolute atomic E-state index is 5.09. The van der Waals surface area contributed by atoms with E-state index in [0.717, 1.165) is 36.2 Å². The molecule has 1 heterocycles. The highest BCUT2D eigenvalue weighted by molar-refractivity contribution is 5.28. The number of hydrogen-bond donors (Lipinski definition) is 1. The fraction of sp³-hybridized carbons (Fsp3) is 0.733. The van der Waals surface area contributed by atoms with Crippen molar-refractivity contribution in [1.82, 2.24) is 15.3 Å². The van der Waals surface area contributed by atoms with E-state index in [0.29, 0.717) is 12.5 Å². The molecule has 1 unspecified atom stereocenters. The first kappa shape index (κ1) is 14.4. The Labute approximate surface area is 116 Å². The van der Waals surface area contributed by atoms with Gasteiger partial charge < -0.3 is 10.1 Å². The molecule has 0 amide bonds. The van der Waals surface area contributed by atoms with Gasteiger partial charge in [-0.25, -0.2) is 9.97 Å². The average molecular weight is 263 g/mol. The van der Waals surface area contributed by atoms with E-state index in [2.05, 4.69) is 36.1 Å². The van der Waals surface area contributed by atoms with Gasteiger partial charge in [0.2, 0.25) is 0 Å². The summed E-state index contributed by atoms with van der Waals surface area (Å²) in [7, 11) is 1.71. The molecule has 1 aromatic heterocycles. The summed E-state index contributed by atoms with van der Waals surface area (Å²) in [4.78, 5) is 9.23. The highest BCUT2D eigenvalue weighted by atomic mass is 16.5. The molecule has 1 fully saturated rings. The van der Waals surface area contributed by atoms with Crippen molar-refractivity contribution < 1.29 is 4.74 Å².